The van der Waals surface area contributed by atoms with E-state index < -0.39 is 27.4 Å². The Balaban J connectivity index is 1.89. The van der Waals surface area contributed by atoms with Crippen LogP contribution in [-0.4, -0.2) is 36.6 Å². The van der Waals surface area contributed by atoms with Crippen molar-refractivity contribution >= 4 is 50.5 Å². The summed E-state index contributed by atoms with van der Waals surface area (Å²) in [6, 6.07) is 17.6. The van der Waals surface area contributed by atoms with Crippen LogP contribution in [0.2, 0.25) is 10.0 Å². The highest BCUT2D eigenvalue weighted by Crippen LogP contribution is 2.29. The molecule has 178 valence electrons. The van der Waals surface area contributed by atoms with Gasteiger partial charge in [-0.3, -0.25) is 14.9 Å². The highest BCUT2D eigenvalue weighted by atomic mass is 35.5. The fourth-order valence-electron chi connectivity index (χ4n) is 3.30. The van der Waals surface area contributed by atoms with Crippen molar-refractivity contribution in [2.24, 2.45) is 0 Å². The number of carbonyl (C=O) groups excluding carboxylic acids is 1. The van der Waals surface area contributed by atoms with Gasteiger partial charge >= 0.3 is 0 Å². The largest absolute Gasteiger partial charge is 0.324 e. The Hall–Kier alpha value is -2.98. The molecule has 0 atom stereocenters. The summed E-state index contributed by atoms with van der Waals surface area (Å²) >= 11 is 12.1. The average Bonchev–Trinajstić information content (AvgIpc) is 2.80. The number of anilines is 1. The molecule has 0 unspecified atom stereocenters. The predicted octanol–water partition coefficient (Wildman–Crippen LogP) is 5.08. The molecule has 0 saturated heterocycles. The van der Waals surface area contributed by atoms with Crippen molar-refractivity contribution < 1.29 is 18.1 Å². The van der Waals surface area contributed by atoms with Crippen LogP contribution in [0.5, 0.6) is 0 Å². The van der Waals surface area contributed by atoms with Crippen molar-refractivity contribution in [3.05, 3.63) is 98.0 Å². The van der Waals surface area contributed by atoms with Crippen molar-refractivity contribution in [3.8, 4) is 0 Å². The number of nitrogens with one attached hydrogen (secondary N) is 1. The van der Waals surface area contributed by atoms with Crippen LogP contribution in [0.4, 0.5) is 11.4 Å². The van der Waals surface area contributed by atoms with E-state index in [-0.39, 0.29) is 38.4 Å². The number of nitrogens with zero attached hydrogens (tertiary/aromatic N) is 2. The zero-order chi connectivity index (χ0) is 24.9. The van der Waals surface area contributed by atoms with Crippen LogP contribution in [0.15, 0.2) is 71.6 Å². The molecule has 34 heavy (non-hydrogen) atoms. The number of nitro benzene ring substituents is 1. The van der Waals surface area contributed by atoms with E-state index in [0.29, 0.717) is 6.42 Å². The third kappa shape index (κ3) is 6.12. The summed E-state index contributed by atoms with van der Waals surface area (Å²) in [6.45, 7) is 0.972. The molecular formula is C23H21Cl2N3O5S. The lowest BCUT2D eigenvalue weighted by Crippen LogP contribution is -2.39. The topological polar surface area (TPSA) is 110 Å². The van der Waals surface area contributed by atoms with E-state index in [4.69, 9.17) is 23.2 Å². The summed E-state index contributed by atoms with van der Waals surface area (Å²) in [5.74, 6) is -0.654. The van der Waals surface area contributed by atoms with E-state index in [1.165, 1.54) is 43.3 Å². The van der Waals surface area contributed by atoms with Crippen molar-refractivity contribution in [2.75, 3.05) is 18.4 Å². The molecule has 0 aliphatic heterocycles. The van der Waals surface area contributed by atoms with Gasteiger partial charge in [0.15, 0.2) is 0 Å². The maximum Gasteiger partial charge on any atom is 0.274 e. The number of carbonyl (C=O) groups is 1. The first kappa shape index (κ1) is 25.6. The second-order valence-electron chi connectivity index (χ2n) is 7.40. The quantitative estimate of drug-likeness (QED) is 0.311. The molecule has 0 fully saturated rings. The lowest BCUT2D eigenvalue weighted by Gasteiger charge is -2.23. The van der Waals surface area contributed by atoms with E-state index in [1.54, 1.807) is 0 Å². The first-order valence-electron chi connectivity index (χ1n) is 10.1. The van der Waals surface area contributed by atoms with Gasteiger partial charge in [-0.05, 0) is 43.2 Å². The highest BCUT2D eigenvalue weighted by Gasteiger charge is 2.29. The molecule has 3 rings (SSSR count). The molecule has 0 aliphatic carbocycles. The summed E-state index contributed by atoms with van der Waals surface area (Å²) in [6.07, 6.45) is 0.349. The van der Waals surface area contributed by atoms with Crippen LogP contribution in [0, 0.1) is 17.0 Å². The molecule has 0 saturated carbocycles. The van der Waals surface area contributed by atoms with Gasteiger partial charge in [0.2, 0.25) is 15.9 Å². The Morgan fingerprint density at radius 1 is 1.06 bits per heavy atom. The fourth-order valence-corrected chi connectivity index (χ4v) is 5.44. The van der Waals surface area contributed by atoms with Gasteiger partial charge in [-0.1, -0.05) is 59.6 Å². The maximum absolute atomic E-state index is 13.4. The zero-order valence-electron chi connectivity index (χ0n) is 18.1. The standard InChI is InChI=1S/C23H21Cl2N3O5S/c1-16-20(8-5-9-21(16)28(30)31)26-23(29)15-27(13-12-17-6-3-2-4-7-17)34(32,33)22-14-18(24)10-11-19(22)25/h2-11,14H,12-13,15H2,1H3,(H,26,29). The van der Waals surface area contributed by atoms with Gasteiger partial charge in [0.25, 0.3) is 5.69 Å². The van der Waals surface area contributed by atoms with E-state index in [2.05, 4.69) is 5.32 Å². The molecule has 3 aromatic rings. The van der Waals surface area contributed by atoms with Crippen molar-refractivity contribution in [1.29, 1.82) is 0 Å². The average molecular weight is 522 g/mol. The monoisotopic (exact) mass is 521 g/mol. The number of hydrogen-bond acceptors (Lipinski definition) is 5. The van der Waals surface area contributed by atoms with Crippen LogP contribution < -0.4 is 5.32 Å². The summed E-state index contributed by atoms with van der Waals surface area (Å²) < 4.78 is 27.9. The number of sulfonamides is 1. The number of benzene rings is 3. The van der Waals surface area contributed by atoms with Gasteiger partial charge in [0.05, 0.1) is 27.7 Å². The zero-order valence-corrected chi connectivity index (χ0v) is 20.4. The van der Waals surface area contributed by atoms with Gasteiger partial charge < -0.3 is 5.32 Å². The van der Waals surface area contributed by atoms with Crippen LogP contribution >= 0.6 is 23.2 Å². The Kier molecular flexibility index (Phi) is 8.27. The normalized spacial score (nSPS) is 11.4. The number of rotatable bonds is 9. The maximum atomic E-state index is 13.4. The van der Waals surface area contributed by atoms with E-state index >= 15 is 0 Å². The van der Waals surface area contributed by atoms with Gasteiger partial charge in [-0.25, -0.2) is 8.42 Å². The molecule has 0 radical (unpaired) electrons. The molecule has 0 spiro atoms. The minimum Gasteiger partial charge on any atom is -0.324 e. The summed E-state index contributed by atoms with van der Waals surface area (Å²) in [5.41, 5.74) is 1.21. The number of amides is 1. The third-order valence-corrected chi connectivity index (χ3v) is 7.66. The number of halogens is 2. The second-order valence-corrected chi connectivity index (χ2v) is 10.2. The van der Waals surface area contributed by atoms with E-state index in [9.17, 15) is 23.3 Å². The minimum atomic E-state index is -4.20. The van der Waals surface area contributed by atoms with Crippen molar-refractivity contribution in [1.82, 2.24) is 4.31 Å². The molecule has 1 amide bonds. The lowest BCUT2D eigenvalue weighted by atomic mass is 10.1. The number of hydrogen-bond donors (Lipinski definition) is 1. The van der Waals surface area contributed by atoms with Gasteiger partial charge in [-0.15, -0.1) is 0 Å². The molecule has 0 aliphatic rings. The van der Waals surface area contributed by atoms with Gasteiger partial charge in [0, 0.05) is 17.6 Å². The molecule has 11 heteroatoms. The van der Waals surface area contributed by atoms with E-state index in [1.807, 2.05) is 30.3 Å². The SMILES string of the molecule is Cc1c(NC(=O)CN(CCc2ccccc2)S(=O)(=O)c2cc(Cl)ccc2Cl)cccc1[N+](=O)[O-]. The van der Waals surface area contributed by atoms with Crippen LogP contribution in [0.1, 0.15) is 11.1 Å². The molecular weight excluding hydrogens is 501 g/mol. The first-order chi connectivity index (χ1) is 16.1. The first-order valence-corrected chi connectivity index (χ1v) is 12.3. The molecule has 0 heterocycles. The van der Waals surface area contributed by atoms with Crippen molar-refractivity contribution in [3.63, 3.8) is 0 Å². The third-order valence-electron chi connectivity index (χ3n) is 5.10. The lowest BCUT2D eigenvalue weighted by molar-refractivity contribution is -0.385. The smallest absolute Gasteiger partial charge is 0.274 e. The highest BCUT2D eigenvalue weighted by molar-refractivity contribution is 7.89. The minimum absolute atomic E-state index is 0.00344. The molecule has 8 nitrogen and oxygen atoms in total. The molecule has 0 bridgehead atoms. The Labute approximate surface area is 207 Å². The predicted molar refractivity (Wildman–Crippen MR) is 132 cm³/mol. The van der Waals surface area contributed by atoms with Gasteiger partial charge in [0.1, 0.15) is 4.90 Å². The molecule has 0 aromatic heterocycles. The summed E-state index contributed by atoms with van der Waals surface area (Å²) in [4.78, 5) is 23.3. The van der Waals surface area contributed by atoms with Gasteiger partial charge in [-0.2, -0.15) is 4.31 Å². The Morgan fingerprint density at radius 3 is 2.44 bits per heavy atom. The fraction of sp³-hybridized carbons (Fsp3) is 0.174. The van der Waals surface area contributed by atoms with Crippen LogP contribution in [0.25, 0.3) is 0 Å². The Bertz CT molecular complexity index is 1320. The number of nitro groups is 1. The summed E-state index contributed by atoms with van der Waals surface area (Å²) in [7, 11) is -4.20. The van der Waals surface area contributed by atoms with E-state index in [0.717, 1.165) is 9.87 Å². The van der Waals surface area contributed by atoms with Crippen LogP contribution in [-0.2, 0) is 21.2 Å². The summed E-state index contributed by atoms with van der Waals surface area (Å²) in [5, 5.41) is 13.9. The van der Waals surface area contributed by atoms with Crippen LogP contribution in [0.3, 0.4) is 0 Å². The van der Waals surface area contributed by atoms with Crippen molar-refractivity contribution in [2.45, 2.75) is 18.2 Å². The second kappa shape index (κ2) is 11.0. The Morgan fingerprint density at radius 2 is 1.76 bits per heavy atom. The molecule has 1 N–H and O–H groups in total. The molecule has 3 aromatic carbocycles.